The number of nitrogens with one attached hydrogen (secondary N) is 1. The van der Waals surface area contributed by atoms with E-state index in [4.69, 9.17) is 0 Å². The van der Waals surface area contributed by atoms with Crippen LogP contribution < -0.4 is 5.56 Å². The fourth-order valence-corrected chi connectivity index (χ4v) is 1.98. The third kappa shape index (κ3) is 1.56. The van der Waals surface area contributed by atoms with Crippen molar-refractivity contribution in [2.75, 3.05) is 0 Å². The standard InChI is InChI=1S/C9H5Br2NO/c10-6-2-1-3-8-5(6)4-7(11)9(13)12-8/h1-4H,(H,12,13). The van der Waals surface area contributed by atoms with Crippen molar-refractivity contribution in [3.63, 3.8) is 0 Å². The van der Waals surface area contributed by atoms with Gasteiger partial charge in [-0.1, -0.05) is 22.0 Å². The fourth-order valence-electron chi connectivity index (χ4n) is 1.17. The van der Waals surface area contributed by atoms with Crippen LogP contribution in [0.3, 0.4) is 0 Å². The third-order valence-corrected chi connectivity index (χ3v) is 3.07. The van der Waals surface area contributed by atoms with E-state index in [9.17, 15) is 4.79 Å². The molecule has 0 unspecified atom stereocenters. The molecule has 0 spiro atoms. The predicted octanol–water partition coefficient (Wildman–Crippen LogP) is 3.05. The molecule has 1 aromatic heterocycles. The first-order chi connectivity index (χ1) is 6.18. The van der Waals surface area contributed by atoms with Crippen molar-refractivity contribution in [3.05, 3.63) is 43.6 Å². The largest absolute Gasteiger partial charge is 0.321 e. The molecule has 0 saturated heterocycles. The number of pyridine rings is 1. The van der Waals surface area contributed by atoms with E-state index >= 15 is 0 Å². The highest BCUT2D eigenvalue weighted by molar-refractivity contribution is 9.11. The smallest absolute Gasteiger partial charge is 0.262 e. The number of aromatic amines is 1. The number of H-pyrrole nitrogens is 1. The van der Waals surface area contributed by atoms with Gasteiger partial charge in [0.15, 0.2) is 0 Å². The Kier molecular flexibility index (Phi) is 2.26. The lowest BCUT2D eigenvalue weighted by Crippen LogP contribution is -2.05. The Bertz CT molecular complexity index is 518. The van der Waals surface area contributed by atoms with Crippen LogP contribution in [0.15, 0.2) is 38.0 Å². The minimum Gasteiger partial charge on any atom is -0.321 e. The number of hydrogen-bond acceptors (Lipinski definition) is 1. The molecule has 1 aromatic carbocycles. The van der Waals surface area contributed by atoms with Gasteiger partial charge in [0.2, 0.25) is 0 Å². The second-order valence-corrected chi connectivity index (χ2v) is 4.36. The minimum absolute atomic E-state index is 0.106. The quantitative estimate of drug-likeness (QED) is 0.797. The van der Waals surface area contributed by atoms with E-state index in [0.717, 1.165) is 15.4 Å². The number of halogens is 2. The van der Waals surface area contributed by atoms with Gasteiger partial charge in [-0.25, -0.2) is 0 Å². The summed E-state index contributed by atoms with van der Waals surface area (Å²) in [5.41, 5.74) is 0.730. The summed E-state index contributed by atoms with van der Waals surface area (Å²) in [5.74, 6) is 0. The van der Waals surface area contributed by atoms with Crippen molar-refractivity contribution < 1.29 is 0 Å². The molecular formula is C9H5Br2NO. The molecule has 0 aliphatic rings. The Morgan fingerprint density at radius 1 is 1.15 bits per heavy atom. The molecular weight excluding hydrogens is 298 g/mol. The summed E-state index contributed by atoms with van der Waals surface area (Å²) in [7, 11) is 0. The third-order valence-electron chi connectivity index (χ3n) is 1.79. The summed E-state index contributed by atoms with van der Waals surface area (Å²) in [6.45, 7) is 0. The lowest BCUT2D eigenvalue weighted by molar-refractivity contribution is 1.28. The van der Waals surface area contributed by atoms with Crippen molar-refractivity contribution in [2.24, 2.45) is 0 Å². The molecule has 4 heteroatoms. The van der Waals surface area contributed by atoms with E-state index in [1.807, 2.05) is 18.2 Å². The summed E-state index contributed by atoms with van der Waals surface area (Å²) in [6.07, 6.45) is 0. The highest BCUT2D eigenvalue weighted by Crippen LogP contribution is 2.22. The lowest BCUT2D eigenvalue weighted by atomic mass is 10.2. The Hall–Kier alpha value is -0.610. The maximum Gasteiger partial charge on any atom is 0.262 e. The van der Waals surface area contributed by atoms with Crippen molar-refractivity contribution in [1.29, 1.82) is 0 Å². The number of aromatic nitrogens is 1. The maximum absolute atomic E-state index is 11.2. The Labute approximate surface area is 91.2 Å². The van der Waals surface area contributed by atoms with Gasteiger partial charge in [-0.2, -0.15) is 0 Å². The van der Waals surface area contributed by atoms with Gasteiger partial charge in [-0.3, -0.25) is 4.79 Å². The molecule has 0 fully saturated rings. The van der Waals surface area contributed by atoms with Crippen LogP contribution in [0.2, 0.25) is 0 Å². The molecule has 2 rings (SSSR count). The van der Waals surface area contributed by atoms with Crippen LogP contribution in [0.4, 0.5) is 0 Å². The number of benzene rings is 1. The second-order valence-electron chi connectivity index (χ2n) is 2.65. The van der Waals surface area contributed by atoms with Crippen molar-refractivity contribution in [1.82, 2.24) is 4.98 Å². The van der Waals surface area contributed by atoms with Crippen molar-refractivity contribution >= 4 is 42.8 Å². The van der Waals surface area contributed by atoms with E-state index < -0.39 is 0 Å². The van der Waals surface area contributed by atoms with Crippen LogP contribution in [0, 0.1) is 0 Å². The van der Waals surface area contributed by atoms with Crippen LogP contribution in [0.5, 0.6) is 0 Å². The van der Waals surface area contributed by atoms with Gasteiger partial charge in [0.1, 0.15) is 0 Å². The molecule has 0 amide bonds. The zero-order chi connectivity index (χ0) is 9.42. The highest BCUT2D eigenvalue weighted by atomic mass is 79.9. The van der Waals surface area contributed by atoms with Gasteiger partial charge in [0.05, 0.1) is 4.47 Å². The fraction of sp³-hybridized carbons (Fsp3) is 0. The molecule has 2 nitrogen and oxygen atoms in total. The molecule has 2 aromatic rings. The van der Waals surface area contributed by atoms with E-state index in [1.165, 1.54) is 0 Å². The molecule has 66 valence electrons. The molecule has 0 aliphatic carbocycles. The van der Waals surface area contributed by atoms with Crippen molar-refractivity contribution in [2.45, 2.75) is 0 Å². The SMILES string of the molecule is O=c1[nH]c2cccc(Br)c2cc1Br. The van der Waals surface area contributed by atoms with E-state index in [1.54, 1.807) is 6.07 Å². The summed E-state index contributed by atoms with van der Waals surface area (Å²) in [6, 6.07) is 7.50. The lowest BCUT2D eigenvalue weighted by Gasteiger charge is -1.99. The van der Waals surface area contributed by atoms with E-state index in [2.05, 4.69) is 36.8 Å². The monoisotopic (exact) mass is 301 g/mol. The average molecular weight is 303 g/mol. The Balaban J connectivity index is 2.97. The molecule has 13 heavy (non-hydrogen) atoms. The second kappa shape index (κ2) is 3.27. The van der Waals surface area contributed by atoms with Crippen LogP contribution in [0.25, 0.3) is 10.9 Å². The molecule has 0 radical (unpaired) electrons. The first-order valence-electron chi connectivity index (χ1n) is 3.65. The number of fused-ring (bicyclic) bond motifs is 1. The molecule has 1 N–H and O–H groups in total. The summed E-state index contributed by atoms with van der Waals surface area (Å²) in [5, 5.41) is 0.994. The Morgan fingerprint density at radius 2 is 1.92 bits per heavy atom. The van der Waals surface area contributed by atoms with Crippen LogP contribution >= 0.6 is 31.9 Å². The zero-order valence-corrected chi connectivity index (χ0v) is 9.65. The van der Waals surface area contributed by atoms with Crippen LogP contribution in [-0.2, 0) is 0 Å². The molecule has 0 aliphatic heterocycles. The predicted molar refractivity (Wildman–Crippen MR) is 60.0 cm³/mol. The topological polar surface area (TPSA) is 32.9 Å². The van der Waals surface area contributed by atoms with Gasteiger partial charge in [0.25, 0.3) is 5.56 Å². The van der Waals surface area contributed by atoms with Crippen LogP contribution in [-0.4, -0.2) is 4.98 Å². The minimum atomic E-state index is -0.106. The normalized spacial score (nSPS) is 10.6. The number of hydrogen-bond donors (Lipinski definition) is 1. The van der Waals surface area contributed by atoms with Gasteiger partial charge >= 0.3 is 0 Å². The van der Waals surface area contributed by atoms with Gasteiger partial charge in [-0.05, 0) is 34.1 Å². The van der Waals surface area contributed by atoms with E-state index in [-0.39, 0.29) is 5.56 Å². The van der Waals surface area contributed by atoms with E-state index in [0.29, 0.717) is 4.47 Å². The summed E-state index contributed by atoms with van der Waals surface area (Å²) < 4.78 is 1.52. The van der Waals surface area contributed by atoms with Crippen molar-refractivity contribution in [3.8, 4) is 0 Å². The van der Waals surface area contributed by atoms with Crippen LogP contribution in [0.1, 0.15) is 0 Å². The average Bonchev–Trinajstić information content (AvgIpc) is 2.09. The summed E-state index contributed by atoms with van der Waals surface area (Å²) >= 11 is 6.60. The maximum atomic E-state index is 11.2. The summed E-state index contributed by atoms with van der Waals surface area (Å²) in [4.78, 5) is 14.0. The first-order valence-corrected chi connectivity index (χ1v) is 5.24. The Morgan fingerprint density at radius 3 is 2.69 bits per heavy atom. The van der Waals surface area contributed by atoms with Gasteiger partial charge < -0.3 is 4.98 Å². The van der Waals surface area contributed by atoms with Gasteiger partial charge in [0, 0.05) is 15.4 Å². The highest BCUT2D eigenvalue weighted by Gasteiger charge is 2.01. The molecule has 0 saturated carbocycles. The molecule has 1 heterocycles. The van der Waals surface area contributed by atoms with Gasteiger partial charge in [-0.15, -0.1) is 0 Å². The zero-order valence-electron chi connectivity index (χ0n) is 6.47. The molecule has 0 atom stereocenters. The first kappa shape index (κ1) is 8.97. The molecule has 0 bridgehead atoms. The number of rotatable bonds is 0.